The van der Waals surface area contributed by atoms with E-state index in [1.165, 1.54) is 11.3 Å². The van der Waals surface area contributed by atoms with Crippen LogP contribution in [0.3, 0.4) is 0 Å². The van der Waals surface area contributed by atoms with Gasteiger partial charge >= 0.3 is 0 Å². The van der Waals surface area contributed by atoms with E-state index in [2.05, 4.69) is 35.9 Å². The maximum absolute atomic E-state index is 11.9. The Bertz CT molecular complexity index is 960. The summed E-state index contributed by atoms with van der Waals surface area (Å²) in [5, 5.41) is 5.00. The Balaban J connectivity index is 1.83. The Morgan fingerprint density at radius 1 is 1.11 bits per heavy atom. The van der Waals surface area contributed by atoms with Gasteiger partial charge in [-0.25, -0.2) is 0 Å². The lowest BCUT2D eigenvalue weighted by molar-refractivity contribution is -0.129. The van der Waals surface area contributed by atoms with Crippen molar-refractivity contribution in [3.63, 3.8) is 0 Å². The standard InChI is InChI=1S/C22H24N4O/c1-15(17-6-4-3-5-7-17)26-21-12-13-25(16(2)27)14-20(21)22(24-26)18-8-10-19(23)11-9-18/h3-11,15H,12-14,23H2,1-2H3. The molecule has 0 spiro atoms. The number of hydrogen-bond acceptors (Lipinski definition) is 3. The number of rotatable bonds is 3. The Kier molecular flexibility index (Phi) is 4.44. The van der Waals surface area contributed by atoms with Gasteiger partial charge < -0.3 is 10.6 Å². The predicted molar refractivity (Wildman–Crippen MR) is 107 cm³/mol. The van der Waals surface area contributed by atoms with Crippen molar-refractivity contribution in [2.75, 3.05) is 12.3 Å². The van der Waals surface area contributed by atoms with Gasteiger partial charge in [0.05, 0.1) is 11.7 Å². The topological polar surface area (TPSA) is 64.2 Å². The second kappa shape index (κ2) is 6.91. The largest absolute Gasteiger partial charge is 0.399 e. The van der Waals surface area contributed by atoms with Gasteiger partial charge in [0.2, 0.25) is 5.91 Å². The molecule has 1 aliphatic rings. The highest BCUT2D eigenvalue weighted by Gasteiger charge is 2.28. The van der Waals surface area contributed by atoms with Crippen LogP contribution in [0.1, 0.15) is 36.7 Å². The summed E-state index contributed by atoms with van der Waals surface area (Å²) in [7, 11) is 0. The van der Waals surface area contributed by atoms with E-state index in [0.717, 1.165) is 35.5 Å². The first-order chi connectivity index (χ1) is 13.0. The zero-order valence-electron chi connectivity index (χ0n) is 15.7. The van der Waals surface area contributed by atoms with E-state index in [4.69, 9.17) is 10.8 Å². The number of benzene rings is 2. The van der Waals surface area contributed by atoms with Crippen molar-refractivity contribution >= 4 is 11.6 Å². The van der Waals surface area contributed by atoms with Crippen LogP contribution in [0, 0.1) is 0 Å². The minimum absolute atomic E-state index is 0.104. The number of hydrogen-bond donors (Lipinski definition) is 1. The predicted octanol–water partition coefficient (Wildman–Crippen LogP) is 3.65. The number of aromatic nitrogens is 2. The number of nitrogen functional groups attached to an aromatic ring is 1. The maximum atomic E-state index is 11.9. The van der Waals surface area contributed by atoms with Crippen molar-refractivity contribution in [2.45, 2.75) is 32.9 Å². The summed E-state index contributed by atoms with van der Waals surface area (Å²) in [6, 6.07) is 18.3. The molecule has 138 valence electrons. The van der Waals surface area contributed by atoms with E-state index >= 15 is 0 Å². The second-order valence-corrected chi connectivity index (χ2v) is 7.12. The summed E-state index contributed by atoms with van der Waals surface area (Å²) in [5.74, 6) is 0.104. The lowest BCUT2D eigenvalue weighted by Gasteiger charge is -2.27. The van der Waals surface area contributed by atoms with Gasteiger partial charge in [0, 0.05) is 48.9 Å². The number of amides is 1. The number of carbonyl (C=O) groups excluding carboxylic acids is 1. The lowest BCUT2D eigenvalue weighted by atomic mass is 10.00. The maximum Gasteiger partial charge on any atom is 0.219 e. The Labute approximate surface area is 159 Å². The molecule has 0 radical (unpaired) electrons. The molecule has 1 unspecified atom stereocenters. The molecule has 0 fully saturated rings. The van der Waals surface area contributed by atoms with E-state index in [-0.39, 0.29) is 11.9 Å². The first kappa shape index (κ1) is 17.3. The molecule has 5 nitrogen and oxygen atoms in total. The van der Waals surface area contributed by atoms with Crippen LogP contribution < -0.4 is 5.73 Å². The molecule has 2 N–H and O–H groups in total. The molecule has 0 bridgehead atoms. The van der Waals surface area contributed by atoms with Gasteiger partial charge in [-0.15, -0.1) is 0 Å². The molecule has 1 aromatic heterocycles. The van der Waals surface area contributed by atoms with Crippen molar-refractivity contribution in [2.24, 2.45) is 0 Å². The number of nitrogens with two attached hydrogens (primary N) is 1. The first-order valence-electron chi connectivity index (χ1n) is 9.31. The molecule has 0 saturated heterocycles. The van der Waals surface area contributed by atoms with E-state index in [0.29, 0.717) is 6.54 Å². The average Bonchev–Trinajstić information content (AvgIpc) is 3.07. The quantitative estimate of drug-likeness (QED) is 0.725. The molecule has 1 aliphatic heterocycles. The molecule has 1 atom stereocenters. The molecule has 3 aromatic rings. The summed E-state index contributed by atoms with van der Waals surface area (Å²) in [6.07, 6.45) is 0.814. The zero-order valence-corrected chi connectivity index (χ0v) is 15.7. The number of carbonyl (C=O) groups is 1. The van der Waals surface area contributed by atoms with Gasteiger partial charge in [0.1, 0.15) is 0 Å². The third kappa shape index (κ3) is 3.21. The summed E-state index contributed by atoms with van der Waals surface area (Å²) >= 11 is 0. The lowest BCUT2D eigenvalue weighted by Crippen LogP contribution is -2.35. The van der Waals surface area contributed by atoms with Crippen molar-refractivity contribution in [1.29, 1.82) is 0 Å². The molecule has 2 heterocycles. The van der Waals surface area contributed by atoms with Crippen LogP contribution in [0.15, 0.2) is 54.6 Å². The summed E-state index contributed by atoms with van der Waals surface area (Å²) in [4.78, 5) is 13.8. The monoisotopic (exact) mass is 360 g/mol. The highest BCUT2D eigenvalue weighted by molar-refractivity contribution is 5.75. The second-order valence-electron chi connectivity index (χ2n) is 7.12. The third-order valence-electron chi connectivity index (χ3n) is 5.36. The van der Waals surface area contributed by atoms with Crippen LogP contribution >= 0.6 is 0 Å². The van der Waals surface area contributed by atoms with Gasteiger partial charge in [-0.3, -0.25) is 9.48 Å². The summed E-state index contributed by atoms with van der Waals surface area (Å²) in [6.45, 7) is 5.14. The van der Waals surface area contributed by atoms with Crippen LogP contribution in [0.25, 0.3) is 11.3 Å². The van der Waals surface area contributed by atoms with Crippen LogP contribution in [0.2, 0.25) is 0 Å². The minimum atomic E-state index is 0.104. The smallest absolute Gasteiger partial charge is 0.219 e. The Morgan fingerprint density at radius 3 is 2.48 bits per heavy atom. The van der Waals surface area contributed by atoms with E-state index in [1.54, 1.807) is 6.92 Å². The van der Waals surface area contributed by atoms with Crippen molar-refractivity contribution in [3.8, 4) is 11.3 Å². The van der Waals surface area contributed by atoms with Crippen molar-refractivity contribution in [3.05, 3.63) is 71.4 Å². The number of nitrogens with zero attached hydrogens (tertiary/aromatic N) is 3. The van der Waals surface area contributed by atoms with Gasteiger partial charge in [-0.2, -0.15) is 5.10 Å². The van der Waals surface area contributed by atoms with Gasteiger partial charge in [0.25, 0.3) is 0 Å². The molecule has 2 aromatic carbocycles. The van der Waals surface area contributed by atoms with E-state index in [1.807, 2.05) is 35.2 Å². The molecular weight excluding hydrogens is 336 g/mol. The summed E-state index contributed by atoms with van der Waals surface area (Å²) < 4.78 is 2.13. The third-order valence-corrected chi connectivity index (χ3v) is 5.36. The summed E-state index contributed by atoms with van der Waals surface area (Å²) in [5.41, 5.74) is 12.1. The van der Waals surface area contributed by atoms with E-state index < -0.39 is 0 Å². The highest BCUT2D eigenvalue weighted by atomic mass is 16.2. The Hall–Kier alpha value is -3.08. The number of anilines is 1. The van der Waals surface area contributed by atoms with Crippen LogP contribution in [-0.4, -0.2) is 27.1 Å². The van der Waals surface area contributed by atoms with Gasteiger partial charge in [-0.1, -0.05) is 42.5 Å². The molecular formula is C22H24N4O. The van der Waals surface area contributed by atoms with Crippen molar-refractivity contribution in [1.82, 2.24) is 14.7 Å². The zero-order chi connectivity index (χ0) is 19.0. The molecule has 0 saturated carbocycles. The van der Waals surface area contributed by atoms with Gasteiger partial charge in [-0.05, 0) is 24.6 Å². The van der Waals surface area contributed by atoms with Crippen LogP contribution in [0.4, 0.5) is 5.69 Å². The fraction of sp³-hybridized carbons (Fsp3) is 0.273. The van der Waals surface area contributed by atoms with Crippen molar-refractivity contribution < 1.29 is 4.79 Å². The van der Waals surface area contributed by atoms with Crippen LogP contribution in [-0.2, 0) is 17.8 Å². The highest BCUT2D eigenvalue weighted by Crippen LogP contribution is 2.33. The molecule has 0 aliphatic carbocycles. The SMILES string of the molecule is CC(=O)N1CCc2c(c(-c3ccc(N)cc3)nn2C(C)c2ccccc2)C1. The normalized spacial score (nSPS) is 14.7. The molecule has 4 rings (SSSR count). The molecule has 27 heavy (non-hydrogen) atoms. The molecule has 5 heteroatoms. The van der Waals surface area contributed by atoms with Crippen LogP contribution in [0.5, 0.6) is 0 Å². The fourth-order valence-electron chi connectivity index (χ4n) is 3.78. The minimum Gasteiger partial charge on any atom is -0.399 e. The Morgan fingerprint density at radius 2 is 1.81 bits per heavy atom. The number of fused-ring (bicyclic) bond motifs is 1. The fourth-order valence-corrected chi connectivity index (χ4v) is 3.78. The van der Waals surface area contributed by atoms with Gasteiger partial charge in [0.15, 0.2) is 0 Å². The van der Waals surface area contributed by atoms with E-state index in [9.17, 15) is 4.79 Å². The molecule has 1 amide bonds. The first-order valence-corrected chi connectivity index (χ1v) is 9.31. The average molecular weight is 360 g/mol.